The molecule has 2 rings (SSSR count). The number of nitrogens with zero attached hydrogens (tertiary/aromatic N) is 1. The Hall–Kier alpha value is -0.830. The van der Waals surface area contributed by atoms with Gasteiger partial charge in [-0.1, -0.05) is 0 Å². The average molecular weight is 181 g/mol. The van der Waals surface area contributed by atoms with Gasteiger partial charge in [0.2, 0.25) is 6.41 Å². The first kappa shape index (κ1) is 7.80. The number of rotatable bonds is 2. The Balaban J connectivity index is 2.18. The highest BCUT2D eigenvalue weighted by Gasteiger charge is 2.24. The van der Waals surface area contributed by atoms with Gasteiger partial charge in [-0.15, -0.1) is 0 Å². The molecule has 0 aromatic carbocycles. The van der Waals surface area contributed by atoms with Crippen LogP contribution in [0.1, 0.15) is 24.4 Å². The molecule has 2 heterocycles. The first-order chi connectivity index (χ1) is 5.92. The van der Waals surface area contributed by atoms with Crippen molar-refractivity contribution < 1.29 is 4.79 Å². The zero-order valence-electron chi connectivity index (χ0n) is 6.77. The lowest BCUT2D eigenvalue weighted by molar-refractivity contribution is -0.118. The normalized spacial score (nSPS) is 23.0. The maximum atomic E-state index is 10.6. The zero-order chi connectivity index (χ0) is 8.39. The number of amides is 1. The molecule has 1 aliphatic heterocycles. The van der Waals surface area contributed by atoms with Crippen LogP contribution in [0, 0.1) is 0 Å². The fraction of sp³-hybridized carbons (Fsp3) is 0.444. The quantitative estimate of drug-likeness (QED) is 0.639. The monoisotopic (exact) mass is 181 g/mol. The Bertz CT molecular complexity index is 258. The van der Waals surface area contributed by atoms with E-state index in [1.165, 1.54) is 5.56 Å². The molecule has 0 unspecified atom stereocenters. The molecule has 1 aromatic heterocycles. The van der Waals surface area contributed by atoms with Crippen molar-refractivity contribution in [3.63, 3.8) is 0 Å². The van der Waals surface area contributed by atoms with Crippen molar-refractivity contribution in [1.29, 1.82) is 0 Å². The van der Waals surface area contributed by atoms with Gasteiger partial charge in [-0.2, -0.15) is 11.3 Å². The molecule has 12 heavy (non-hydrogen) atoms. The van der Waals surface area contributed by atoms with Gasteiger partial charge in [0.1, 0.15) is 0 Å². The van der Waals surface area contributed by atoms with Crippen molar-refractivity contribution in [3.8, 4) is 0 Å². The summed E-state index contributed by atoms with van der Waals surface area (Å²) in [7, 11) is 0. The molecule has 64 valence electrons. The minimum Gasteiger partial charge on any atom is -0.338 e. The molecule has 1 aromatic rings. The third-order valence-corrected chi connectivity index (χ3v) is 3.06. The molecule has 1 amide bonds. The van der Waals surface area contributed by atoms with Crippen LogP contribution >= 0.6 is 11.3 Å². The molecule has 0 bridgehead atoms. The predicted octanol–water partition coefficient (Wildman–Crippen LogP) is 2.04. The van der Waals surface area contributed by atoms with Crippen molar-refractivity contribution in [2.45, 2.75) is 18.9 Å². The SMILES string of the molecule is O=CN1CCC[C@H]1c1ccsc1. The van der Waals surface area contributed by atoms with Crippen LogP contribution in [0.2, 0.25) is 0 Å². The third kappa shape index (κ3) is 1.25. The van der Waals surface area contributed by atoms with Crippen LogP contribution in [0.15, 0.2) is 16.8 Å². The Morgan fingerprint density at radius 2 is 2.58 bits per heavy atom. The van der Waals surface area contributed by atoms with Crippen molar-refractivity contribution in [2.75, 3.05) is 6.54 Å². The molecular formula is C9H11NOS. The predicted molar refractivity (Wildman–Crippen MR) is 49.1 cm³/mol. The summed E-state index contributed by atoms with van der Waals surface area (Å²) < 4.78 is 0. The first-order valence-electron chi connectivity index (χ1n) is 4.15. The molecule has 0 radical (unpaired) electrons. The van der Waals surface area contributed by atoms with E-state index in [0.29, 0.717) is 6.04 Å². The van der Waals surface area contributed by atoms with Crippen LogP contribution in [0.3, 0.4) is 0 Å². The number of hydrogen-bond donors (Lipinski definition) is 0. The number of carbonyl (C=O) groups is 1. The van der Waals surface area contributed by atoms with E-state index in [-0.39, 0.29) is 0 Å². The van der Waals surface area contributed by atoms with E-state index in [1.807, 2.05) is 4.90 Å². The van der Waals surface area contributed by atoms with E-state index < -0.39 is 0 Å². The average Bonchev–Trinajstić information content (AvgIpc) is 2.74. The number of carbonyl (C=O) groups excluding carboxylic acids is 1. The van der Waals surface area contributed by atoms with Gasteiger partial charge in [-0.3, -0.25) is 4.79 Å². The van der Waals surface area contributed by atoms with Crippen LogP contribution < -0.4 is 0 Å². The van der Waals surface area contributed by atoms with Crippen LogP contribution in [-0.2, 0) is 4.79 Å². The molecule has 1 atom stereocenters. The highest BCUT2D eigenvalue weighted by Crippen LogP contribution is 2.31. The summed E-state index contributed by atoms with van der Waals surface area (Å²) >= 11 is 1.70. The van der Waals surface area contributed by atoms with E-state index in [4.69, 9.17) is 0 Å². The van der Waals surface area contributed by atoms with Gasteiger partial charge < -0.3 is 4.90 Å². The van der Waals surface area contributed by atoms with Crippen LogP contribution in [0.5, 0.6) is 0 Å². The summed E-state index contributed by atoms with van der Waals surface area (Å²) in [5, 5.41) is 4.20. The second-order valence-electron chi connectivity index (χ2n) is 3.06. The van der Waals surface area contributed by atoms with Crippen LogP contribution in [0.4, 0.5) is 0 Å². The largest absolute Gasteiger partial charge is 0.338 e. The van der Waals surface area contributed by atoms with E-state index in [1.54, 1.807) is 11.3 Å². The maximum absolute atomic E-state index is 10.6. The lowest BCUT2D eigenvalue weighted by atomic mass is 10.1. The molecular weight excluding hydrogens is 170 g/mol. The van der Waals surface area contributed by atoms with Gasteiger partial charge in [0.25, 0.3) is 0 Å². The molecule has 0 aliphatic carbocycles. The third-order valence-electron chi connectivity index (χ3n) is 2.36. The van der Waals surface area contributed by atoms with Crippen molar-refractivity contribution in [3.05, 3.63) is 22.4 Å². The highest BCUT2D eigenvalue weighted by atomic mass is 32.1. The van der Waals surface area contributed by atoms with Gasteiger partial charge in [-0.25, -0.2) is 0 Å². The molecule has 1 aliphatic rings. The molecule has 1 saturated heterocycles. The summed E-state index contributed by atoms with van der Waals surface area (Å²) in [4.78, 5) is 12.5. The number of thiophene rings is 1. The lowest BCUT2D eigenvalue weighted by Crippen LogP contribution is -2.20. The second-order valence-corrected chi connectivity index (χ2v) is 3.84. The smallest absolute Gasteiger partial charge is 0.210 e. The Labute approximate surface area is 75.8 Å². The van der Waals surface area contributed by atoms with Crippen molar-refractivity contribution in [1.82, 2.24) is 4.90 Å². The minimum absolute atomic E-state index is 0.355. The molecule has 0 spiro atoms. The summed E-state index contributed by atoms with van der Waals surface area (Å²) in [6.07, 6.45) is 3.23. The fourth-order valence-corrected chi connectivity index (χ4v) is 2.44. The summed E-state index contributed by atoms with van der Waals surface area (Å²) in [6, 6.07) is 2.46. The van der Waals surface area contributed by atoms with E-state index in [0.717, 1.165) is 25.8 Å². The molecule has 2 nitrogen and oxygen atoms in total. The Morgan fingerprint density at radius 1 is 1.67 bits per heavy atom. The fourth-order valence-electron chi connectivity index (χ4n) is 1.74. The summed E-state index contributed by atoms with van der Waals surface area (Å²) in [5.74, 6) is 0. The maximum Gasteiger partial charge on any atom is 0.210 e. The van der Waals surface area contributed by atoms with Gasteiger partial charge in [0.05, 0.1) is 6.04 Å². The molecule has 0 saturated carbocycles. The second kappa shape index (κ2) is 3.27. The first-order valence-corrected chi connectivity index (χ1v) is 5.09. The summed E-state index contributed by atoms with van der Waals surface area (Å²) in [6.45, 7) is 0.921. The molecule has 3 heteroatoms. The van der Waals surface area contributed by atoms with Crippen molar-refractivity contribution in [2.24, 2.45) is 0 Å². The molecule has 0 N–H and O–H groups in total. The Kier molecular flexibility index (Phi) is 2.13. The minimum atomic E-state index is 0.355. The topological polar surface area (TPSA) is 20.3 Å². The Morgan fingerprint density at radius 3 is 3.25 bits per heavy atom. The summed E-state index contributed by atoms with van der Waals surface area (Å²) in [5.41, 5.74) is 1.30. The lowest BCUT2D eigenvalue weighted by Gasteiger charge is -2.18. The van der Waals surface area contributed by atoms with Crippen LogP contribution in [-0.4, -0.2) is 17.9 Å². The van der Waals surface area contributed by atoms with Crippen LogP contribution in [0.25, 0.3) is 0 Å². The highest BCUT2D eigenvalue weighted by molar-refractivity contribution is 7.07. The van der Waals surface area contributed by atoms with Crippen molar-refractivity contribution >= 4 is 17.7 Å². The van der Waals surface area contributed by atoms with E-state index in [9.17, 15) is 4.79 Å². The van der Waals surface area contributed by atoms with E-state index >= 15 is 0 Å². The molecule has 1 fully saturated rings. The van der Waals surface area contributed by atoms with Gasteiger partial charge in [0, 0.05) is 6.54 Å². The van der Waals surface area contributed by atoms with E-state index in [2.05, 4.69) is 16.8 Å². The number of likely N-dealkylation sites (tertiary alicyclic amines) is 1. The van der Waals surface area contributed by atoms with Gasteiger partial charge in [0.15, 0.2) is 0 Å². The van der Waals surface area contributed by atoms with Gasteiger partial charge in [-0.05, 0) is 35.2 Å². The number of hydrogen-bond acceptors (Lipinski definition) is 2. The standard InChI is InChI=1S/C9H11NOS/c11-7-10-4-1-2-9(10)8-3-5-12-6-8/h3,5-7,9H,1-2,4H2/t9-/m0/s1. The van der Waals surface area contributed by atoms with Gasteiger partial charge >= 0.3 is 0 Å². The zero-order valence-corrected chi connectivity index (χ0v) is 7.59.